The summed E-state index contributed by atoms with van der Waals surface area (Å²) in [6.07, 6.45) is 3.40. The molecule has 0 saturated carbocycles. The van der Waals surface area contributed by atoms with Gasteiger partial charge in [-0.05, 0) is 66.0 Å². The summed E-state index contributed by atoms with van der Waals surface area (Å²) in [7, 11) is -0.892. The molecule has 0 amide bonds. The zero-order chi connectivity index (χ0) is 30.9. The predicted molar refractivity (Wildman–Crippen MR) is 200 cm³/mol. The van der Waals surface area contributed by atoms with Crippen LogP contribution >= 0.6 is 28.1 Å². The fourth-order valence-electron chi connectivity index (χ4n) is 4.67. The molecular weight excluding hydrogens is 701 g/mol. The normalized spacial score (nSPS) is 9.83. The van der Waals surface area contributed by atoms with Gasteiger partial charge in [0.05, 0.1) is 0 Å². The number of benzene rings is 6. The van der Waals surface area contributed by atoms with Crippen molar-refractivity contribution in [3.05, 3.63) is 205 Å². The average molecular weight is 736 g/mol. The summed E-state index contributed by atoms with van der Waals surface area (Å²) < 4.78 is 0.530. The van der Waals surface area contributed by atoms with E-state index >= 15 is 0 Å². The van der Waals surface area contributed by atoms with Crippen molar-refractivity contribution in [1.29, 1.82) is 0 Å². The van der Waals surface area contributed by atoms with Crippen LogP contribution in [-0.4, -0.2) is 9.97 Å². The number of H-pyrrole nitrogens is 1. The van der Waals surface area contributed by atoms with Crippen molar-refractivity contribution in [3.8, 4) is 0 Å². The van der Waals surface area contributed by atoms with Crippen molar-refractivity contribution < 1.29 is 29.5 Å². The molecule has 0 aliphatic heterocycles. The van der Waals surface area contributed by atoms with E-state index in [1.54, 1.807) is 18.5 Å². The molecule has 7 aromatic rings. The Morgan fingerprint density at radius 1 is 0.383 bits per heavy atom. The maximum atomic E-state index is 4.65. The van der Waals surface area contributed by atoms with E-state index < -0.39 is 15.8 Å². The molecule has 0 bridgehead atoms. The molecule has 0 aliphatic carbocycles. The molecule has 1 heterocycles. The van der Waals surface area contributed by atoms with E-state index in [0.29, 0.717) is 4.77 Å². The van der Waals surface area contributed by atoms with Crippen molar-refractivity contribution in [2.24, 2.45) is 0 Å². The maximum Gasteiger partial charge on any atom is 1.00 e. The molecule has 0 atom stereocenters. The van der Waals surface area contributed by atoms with E-state index in [4.69, 9.17) is 0 Å². The van der Waals surface area contributed by atoms with E-state index in [1.165, 1.54) is 31.8 Å². The zero-order valence-electron chi connectivity index (χ0n) is 25.5. The minimum atomic E-state index is -0.446. The van der Waals surface area contributed by atoms with Crippen LogP contribution in [0.5, 0.6) is 0 Å². The molecule has 0 saturated heterocycles. The molecule has 238 valence electrons. The summed E-state index contributed by atoms with van der Waals surface area (Å²) >= 11 is 4.65. The van der Waals surface area contributed by atoms with Gasteiger partial charge in [0.25, 0.3) is 0 Å². The summed E-state index contributed by atoms with van der Waals surface area (Å²) in [5, 5.41) is 8.39. The van der Waals surface area contributed by atoms with Crippen LogP contribution in [0.1, 0.15) is 0 Å². The zero-order valence-corrected chi connectivity index (χ0v) is 29.8. The van der Waals surface area contributed by atoms with Crippen molar-refractivity contribution in [1.82, 2.24) is 9.97 Å². The third-order valence-corrected chi connectivity index (χ3v) is 11.8. The van der Waals surface area contributed by atoms with Crippen molar-refractivity contribution in [3.63, 3.8) is 0 Å². The van der Waals surface area contributed by atoms with Gasteiger partial charge in [-0.2, -0.15) is 0 Å². The molecule has 6 aromatic carbocycles. The largest absolute Gasteiger partial charge is 1.00 e. The van der Waals surface area contributed by atoms with Gasteiger partial charge in [-0.25, -0.2) is 4.98 Å². The first-order valence-corrected chi connectivity index (χ1v) is 17.8. The van der Waals surface area contributed by atoms with Gasteiger partial charge in [-0.1, -0.05) is 182 Å². The minimum absolute atomic E-state index is 0. The Labute approximate surface area is 302 Å². The predicted octanol–water partition coefficient (Wildman–Crippen LogP) is 5.03. The Kier molecular flexibility index (Phi) is 17.0. The van der Waals surface area contributed by atoms with Crippen LogP contribution in [0, 0.1) is 4.77 Å². The first kappa shape index (κ1) is 37.7. The Morgan fingerprint density at radius 3 is 0.766 bits per heavy atom. The van der Waals surface area contributed by atoms with Crippen molar-refractivity contribution in [2.75, 3.05) is 0 Å². The first-order chi connectivity index (χ1) is 22.3. The molecule has 0 aliphatic rings. The maximum absolute atomic E-state index is 4.65. The van der Waals surface area contributed by atoms with Gasteiger partial charge >= 0.3 is 17.1 Å². The number of nitrogens with one attached hydrogen (secondary N) is 1. The molecule has 2 nitrogen and oxygen atoms in total. The van der Waals surface area contributed by atoms with Gasteiger partial charge in [0, 0.05) is 12.4 Å². The molecule has 1 N–H and O–H groups in total. The third kappa shape index (κ3) is 11.8. The second-order valence-electron chi connectivity index (χ2n) is 9.77. The summed E-state index contributed by atoms with van der Waals surface area (Å²) in [5.74, 6) is 0. The van der Waals surface area contributed by atoms with Gasteiger partial charge in [0.2, 0.25) is 0 Å². The minimum Gasteiger partial charge on any atom is -1.00 e. The number of hydrogen-bond donors (Lipinski definition) is 1. The average Bonchev–Trinajstić information content (AvgIpc) is 3.12. The summed E-state index contributed by atoms with van der Waals surface area (Å²) in [6.45, 7) is 0. The topological polar surface area (TPSA) is 28.7 Å². The van der Waals surface area contributed by atoms with Gasteiger partial charge < -0.3 is 17.4 Å². The Balaban J connectivity index is 0.000000205. The van der Waals surface area contributed by atoms with E-state index in [1.807, 2.05) is 0 Å². The molecular formula is C40H34ClCuN2P2S. The van der Waals surface area contributed by atoms with Crippen molar-refractivity contribution in [2.45, 2.75) is 0 Å². The van der Waals surface area contributed by atoms with Gasteiger partial charge in [0.15, 0.2) is 4.77 Å². The van der Waals surface area contributed by atoms with Crippen LogP contribution in [0.3, 0.4) is 0 Å². The molecule has 0 unspecified atom stereocenters. The van der Waals surface area contributed by atoms with Crippen molar-refractivity contribution >= 4 is 59.9 Å². The Hall–Kier alpha value is -3.71. The summed E-state index contributed by atoms with van der Waals surface area (Å²) in [4.78, 5) is 6.47. The smallest absolute Gasteiger partial charge is 1.00 e. The molecule has 0 fully saturated rings. The van der Waals surface area contributed by atoms with Gasteiger partial charge in [-0.15, -0.1) is 0 Å². The van der Waals surface area contributed by atoms with Crippen LogP contribution in [0.25, 0.3) is 0 Å². The van der Waals surface area contributed by atoms with Crippen LogP contribution in [0.2, 0.25) is 0 Å². The second kappa shape index (κ2) is 21.2. The van der Waals surface area contributed by atoms with Crippen LogP contribution in [-0.2, 0) is 17.1 Å². The molecule has 47 heavy (non-hydrogen) atoms. The number of aromatic nitrogens is 2. The first-order valence-electron chi connectivity index (χ1n) is 14.7. The fraction of sp³-hybridized carbons (Fsp3) is 0. The Bertz CT molecular complexity index is 1540. The number of nitrogens with zero attached hydrogens (tertiary/aromatic N) is 1. The standard InChI is InChI=1S/2C18H15P.C4H4N2S.ClH.Cu/c2*1-4-10-16(11-5-1)19(17-12-6-2-7-13-17)18-14-8-3-9-15-18;7-4-5-2-1-3-6-4;;/h2*1-15H;1-3H,(H,5,6,7);1H;/q;;;;+1/p-1. The third-order valence-electron chi connectivity index (χ3n) is 6.67. The van der Waals surface area contributed by atoms with E-state index in [2.05, 4.69) is 204 Å². The van der Waals surface area contributed by atoms with E-state index in [9.17, 15) is 0 Å². The van der Waals surface area contributed by atoms with E-state index in [-0.39, 0.29) is 29.5 Å². The number of aromatic amines is 1. The number of hydrogen-bond acceptors (Lipinski definition) is 2. The SMILES string of the molecule is S=c1nccc[nH]1.[Cl-].[Cu+].c1ccc(P(c2ccccc2)c2ccccc2)cc1.c1ccc(P(c2ccccc2)c2ccccc2)cc1. The summed E-state index contributed by atoms with van der Waals surface area (Å²) in [5.41, 5.74) is 0. The van der Waals surface area contributed by atoms with Gasteiger partial charge in [0.1, 0.15) is 0 Å². The molecule has 1 aromatic heterocycles. The fourth-order valence-corrected chi connectivity index (χ4v) is 9.41. The van der Waals surface area contributed by atoms with Crippen LogP contribution < -0.4 is 44.2 Å². The quantitative estimate of drug-likeness (QED) is 0.148. The molecule has 0 radical (unpaired) electrons. The number of halogens is 1. The second-order valence-corrected chi connectivity index (χ2v) is 14.6. The number of rotatable bonds is 6. The van der Waals surface area contributed by atoms with Gasteiger partial charge in [-0.3, -0.25) is 0 Å². The monoisotopic (exact) mass is 734 g/mol. The molecule has 7 heteroatoms. The van der Waals surface area contributed by atoms with Crippen LogP contribution in [0.15, 0.2) is 200 Å². The summed E-state index contributed by atoms with van der Waals surface area (Å²) in [6, 6.07) is 66.4. The Morgan fingerprint density at radius 2 is 0.617 bits per heavy atom. The van der Waals surface area contributed by atoms with E-state index in [0.717, 1.165) is 0 Å². The van der Waals surface area contributed by atoms with Crippen LogP contribution in [0.4, 0.5) is 0 Å². The molecule has 0 spiro atoms. The molecule has 7 rings (SSSR count).